The van der Waals surface area contributed by atoms with E-state index in [1.54, 1.807) is 0 Å². The fraction of sp³-hybridized carbons (Fsp3) is 0.917. The average Bonchev–Trinajstić information content (AvgIpc) is 2.93. The molecule has 1 amide bonds. The zero-order valence-electron chi connectivity index (χ0n) is 10.3. The van der Waals surface area contributed by atoms with Crippen LogP contribution in [0, 0.1) is 0 Å². The van der Waals surface area contributed by atoms with Crippen LogP contribution in [-0.2, 0) is 4.79 Å². The number of β-amino-alcohol motifs (C(OH)–C–C–N with tert-alkyl or cyclic N) is 1. The maximum absolute atomic E-state index is 11.4. The second-order valence-corrected chi connectivity index (χ2v) is 5.13. The Balaban J connectivity index is 1.49. The summed E-state index contributed by atoms with van der Waals surface area (Å²) in [6.45, 7) is 3.72. The largest absolute Gasteiger partial charge is 0.390 e. The molecule has 2 rings (SSSR count). The third kappa shape index (κ3) is 5.02. The van der Waals surface area contributed by atoms with Gasteiger partial charge < -0.3 is 20.6 Å². The molecule has 1 saturated carbocycles. The summed E-state index contributed by atoms with van der Waals surface area (Å²) in [5, 5.41) is 15.7. The molecule has 1 aliphatic heterocycles. The Bertz CT molecular complexity index is 250. The van der Waals surface area contributed by atoms with Crippen molar-refractivity contribution >= 4 is 5.91 Å². The first-order valence-corrected chi connectivity index (χ1v) is 6.64. The molecule has 0 aromatic rings. The molecule has 1 aliphatic carbocycles. The standard InChI is InChI=1S/C12H23N3O2/c16-11(9-15-5-1-2-6-15)7-13-8-12(17)14-10-3-4-10/h10-11,13,16H,1-9H2,(H,14,17). The van der Waals surface area contributed by atoms with Crippen molar-refractivity contribution in [3.05, 3.63) is 0 Å². The van der Waals surface area contributed by atoms with Crippen LogP contribution in [-0.4, -0.2) is 60.8 Å². The summed E-state index contributed by atoms with van der Waals surface area (Å²) < 4.78 is 0. The lowest BCUT2D eigenvalue weighted by molar-refractivity contribution is -0.120. The Morgan fingerprint density at radius 2 is 2.06 bits per heavy atom. The predicted octanol–water partition coefficient (Wildman–Crippen LogP) is -0.689. The van der Waals surface area contributed by atoms with Crippen LogP contribution < -0.4 is 10.6 Å². The molecule has 0 radical (unpaired) electrons. The maximum atomic E-state index is 11.4. The molecular weight excluding hydrogens is 218 g/mol. The minimum absolute atomic E-state index is 0.0425. The highest BCUT2D eigenvalue weighted by Crippen LogP contribution is 2.18. The van der Waals surface area contributed by atoms with Crippen molar-refractivity contribution in [3.8, 4) is 0 Å². The van der Waals surface area contributed by atoms with Crippen molar-refractivity contribution in [2.75, 3.05) is 32.7 Å². The van der Waals surface area contributed by atoms with Crippen LogP contribution in [0.5, 0.6) is 0 Å². The van der Waals surface area contributed by atoms with Crippen molar-refractivity contribution in [2.45, 2.75) is 37.8 Å². The molecule has 1 saturated heterocycles. The van der Waals surface area contributed by atoms with Crippen LogP contribution in [0.1, 0.15) is 25.7 Å². The van der Waals surface area contributed by atoms with Crippen molar-refractivity contribution in [1.82, 2.24) is 15.5 Å². The van der Waals surface area contributed by atoms with E-state index in [2.05, 4.69) is 15.5 Å². The number of carbonyl (C=O) groups excluding carboxylic acids is 1. The fourth-order valence-electron chi connectivity index (χ4n) is 2.19. The molecule has 1 unspecified atom stereocenters. The first-order valence-electron chi connectivity index (χ1n) is 6.64. The van der Waals surface area contributed by atoms with E-state index in [1.807, 2.05) is 0 Å². The maximum Gasteiger partial charge on any atom is 0.234 e. The first kappa shape index (κ1) is 12.8. The van der Waals surface area contributed by atoms with Gasteiger partial charge in [0.05, 0.1) is 12.6 Å². The highest BCUT2D eigenvalue weighted by molar-refractivity contribution is 5.78. The monoisotopic (exact) mass is 241 g/mol. The molecule has 2 fully saturated rings. The van der Waals surface area contributed by atoms with E-state index in [4.69, 9.17) is 0 Å². The van der Waals surface area contributed by atoms with Crippen molar-refractivity contribution in [1.29, 1.82) is 0 Å². The molecule has 0 aromatic heterocycles. The van der Waals surface area contributed by atoms with Crippen molar-refractivity contribution in [2.24, 2.45) is 0 Å². The van der Waals surface area contributed by atoms with Gasteiger partial charge in [-0.3, -0.25) is 4.79 Å². The van der Waals surface area contributed by atoms with Crippen LogP contribution in [0.2, 0.25) is 0 Å². The number of carbonyl (C=O) groups is 1. The first-order chi connectivity index (χ1) is 8.24. The second-order valence-electron chi connectivity index (χ2n) is 5.13. The van der Waals surface area contributed by atoms with E-state index >= 15 is 0 Å². The van der Waals surface area contributed by atoms with Gasteiger partial charge in [-0.15, -0.1) is 0 Å². The van der Waals surface area contributed by atoms with E-state index < -0.39 is 0 Å². The summed E-state index contributed by atoms with van der Waals surface area (Å²) in [5.41, 5.74) is 0. The lowest BCUT2D eigenvalue weighted by Crippen LogP contribution is -2.41. The van der Waals surface area contributed by atoms with Crippen LogP contribution >= 0.6 is 0 Å². The highest BCUT2D eigenvalue weighted by atomic mass is 16.3. The summed E-state index contributed by atoms with van der Waals surface area (Å²) in [6, 6.07) is 0.416. The number of nitrogens with zero attached hydrogens (tertiary/aromatic N) is 1. The molecule has 2 aliphatic rings. The van der Waals surface area contributed by atoms with Gasteiger partial charge in [0.25, 0.3) is 0 Å². The molecule has 0 bridgehead atoms. The SMILES string of the molecule is O=C(CNCC(O)CN1CCCC1)NC1CC1. The molecule has 3 N–H and O–H groups in total. The molecule has 0 aromatic carbocycles. The Morgan fingerprint density at radius 1 is 1.35 bits per heavy atom. The number of aliphatic hydroxyl groups excluding tert-OH is 1. The summed E-state index contributed by atoms with van der Waals surface area (Å²) in [7, 11) is 0. The Kier molecular flexibility index (Phi) is 4.76. The normalized spacial score (nSPS) is 22.6. The number of hydrogen-bond acceptors (Lipinski definition) is 4. The van der Waals surface area contributed by atoms with Crippen LogP contribution in [0.4, 0.5) is 0 Å². The van der Waals surface area contributed by atoms with E-state index in [1.165, 1.54) is 12.8 Å². The number of likely N-dealkylation sites (tertiary alicyclic amines) is 1. The summed E-state index contributed by atoms with van der Waals surface area (Å²) >= 11 is 0. The summed E-state index contributed by atoms with van der Waals surface area (Å²) in [5.74, 6) is 0.0425. The van der Waals surface area contributed by atoms with Gasteiger partial charge in [-0.25, -0.2) is 0 Å². The quantitative estimate of drug-likeness (QED) is 0.552. The zero-order chi connectivity index (χ0) is 12.1. The summed E-state index contributed by atoms with van der Waals surface area (Å²) in [4.78, 5) is 13.6. The zero-order valence-corrected chi connectivity index (χ0v) is 10.3. The lowest BCUT2D eigenvalue weighted by Gasteiger charge is -2.19. The number of rotatable bonds is 7. The lowest BCUT2D eigenvalue weighted by atomic mass is 10.3. The molecule has 1 heterocycles. The van der Waals surface area contributed by atoms with Gasteiger partial charge in [0, 0.05) is 19.1 Å². The third-order valence-corrected chi connectivity index (χ3v) is 3.28. The molecular formula is C12H23N3O2. The minimum Gasteiger partial charge on any atom is -0.390 e. The molecule has 1 atom stereocenters. The van der Waals surface area contributed by atoms with Crippen LogP contribution in [0.15, 0.2) is 0 Å². The van der Waals surface area contributed by atoms with Crippen LogP contribution in [0.25, 0.3) is 0 Å². The van der Waals surface area contributed by atoms with E-state index in [-0.39, 0.29) is 12.0 Å². The van der Waals surface area contributed by atoms with Crippen LogP contribution in [0.3, 0.4) is 0 Å². The highest BCUT2D eigenvalue weighted by Gasteiger charge is 2.23. The Hall–Kier alpha value is -0.650. The van der Waals surface area contributed by atoms with Gasteiger partial charge in [0.1, 0.15) is 0 Å². The van der Waals surface area contributed by atoms with Crippen molar-refractivity contribution < 1.29 is 9.90 Å². The van der Waals surface area contributed by atoms with E-state index in [0.29, 0.717) is 19.1 Å². The van der Waals surface area contributed by atoms with Gasteiger partial charge >= 0.3 is 0 Å². The Morgan fingerprint density at radius 3 is 2.71 bits per heavy atom. The van der Waals surface area contributed by atoms with Gasteiger partial charge in [0.2, 0.25) is 5.91 Å². The van der Waals surface area contributed by atoms with Gasteiger partial charge in [0.15, 0.2) is 0 Å². The second kappa shape index (κ2) is 6.33. The van der Waals surface area contributed by atoms with E-state index in [9.17, 15) is 9.90 Å². The third-order valence-electron chi connectivity index (χ3n) is 3.28. The molecule has 5 nitrogen and oxygen atoms in total. The molecule has 98 valence electrons. The van der Waals surface area contributed by atoms with Gasteiger partial charge in [-0.2, -0.15) is 0 Å². The summed E-state index contributed by atoms with van der Waals surface area (Å²) in [6.07, 6.45) is 4.34. The van der Waals surface area contributed by atoms with E-state index in [0.717, 1.165) is 32.5 Å². The molecule has 5 heteroatoms. The average molecular weight is 241 g/mol. The number of hydrogen-bond donors (Lipinski definition) is 3. The predicted molar refractivity (Wildman–Crippen MR) is 65.7 cm³/mol. The fourth-order valence-corrected chi connectivity index (χ4v) is 2.19. The number of amides is 1. The topological polar surface area (TPSA) is 64.6 Å². The Labute approximate surface area is 103 Å². The molecule has 17 heavy (non-hydrogen) atoms. The minimum atomic E-state index is -0.373. The van der Waals surface area contributed by atoms with Crippen molar-refractivity contribution in [3.63, 3.8) is 0 Å². The van der Waals surface area contributed by atoms with Gasteiger partial charge in [-0.1, -0.05) is 0 Å². The number of nitrogens with one attached hydrogen (secondary N) is 2. The smallest absolute Gasteiger partial charge is 0.234 e. The van der Waals surface area contributed by atoms with Gasteiger partial charge in [-0.05, 0) is 38.8 Å². The molecule has 0 spiro atoms. The number of aliphatic hydroxyl groups is 1.